The first-order valence-corrected chi connectivity index (χ1v) is 6.98. The van der Waals surface area contributed by atoms with Gasteiger partial charge in [-0.1, -0.05) is 0 Å². The summed E-state index contributed by atoms with van der Waals surface area (Å²) in [5.74, 6) is -0.351. The summed E-state index contributed by atoms with van der Waals surface area (Å²) in [6.07, 6.45) is -0.606. The predicted molar refractivity (Wildman–Crippen MR) is 77.3 cm³/mol. The lowest BCUT2D eigenvalue weighted by atomic mass is 10.1. The summed E-state index contributed by atoms with van der Waals surface area (Å²) in [6, 6.07) is -0.654. The predicted octanol–water partition coefficient (Wildman–Crippen LogP) is -2.04. The minimum atomic E-state index is -0.836. The number of amides is 1. The van der Waals surface area contributed by atoms with Gasteiger partial charge >= 0.3 is 5.69 Å². The summed E-state index contributed by atoms with van der Waals surface area (Å²) in [5.41, 5.74) is 4.74. The van der Waals surface area contributed by atoms with Crippen LogP contribution in [0.15, 0.2) is 15.8 Å². The number of nitrogens with one attached hydrogen (secondary N) is 2. The highest BCUT2D eigenvalue weighted by Gasteiger charge is 2.35. The van der Waals surface area contributed by atoms with E-state index in [1.807, 2.05) is 0 Å². The summed E-state index contributed by atoms with van der Waals surface area (Å²) in [5, 5.41) is 12.6. The number of hydrogen-bond acceptors (Lipinski definition) is 6. The van der Waals surface area contributed by atoms with Crippen molar-refractivity contribution in [1.82, 2.24) is 14.9 Å². The quantitative estimate of drug-likeness (QED) is 0.505. The molecule has 1 fully saturated rings. The molecule has 122 valence electrons. The molecule has 22 heavy (non-hydrogen) atoms. The average molecular weight is 312 g/mol. The van der Waals surface area contributed by atoms with Gasteiger partial charge in [-0.05, 0) is 13.8 Å². The van der Waals surface area contributed by atoms with Gasteiger partial charge in [-0.2, -0.15) is 0 Å². The number of nitrogens with two attached hydrogens (primary N) is 1. The fourth-order valence-electron chi connectivity index (χ4n) is 2.23. The first kappa shape index (κ1) is 16.4. The Bertz CT molecular complexity index is 665. The number of hydrogen-bond donors (Lipinski definition) is 4. The molecule has 4 atom stereocenters. The monoisotopic (exact) mass is 312 g/mol. The van der Waals surface area contributed by atoms with E-state index in [1.54, 1.807) is 13.8 Å². The third-order valence-corrected chi connectivity index (χ3v) is 3.55. The highest BCUT2D eigenvalue weighted by atomic mass is 16.5. The highest BCUT2D eigenvalue weighted by molar-refractivity contribution is 5.80. The Morgan fingerprint density at radius 1 is 1.64 bits per heavy atom. The fraction of sp³-hybridized carbons (Fsp3) is 0.615. The van der Waals surface area contributed by atoms with E-state index in [0.717, 1.165) is 0 Å². The second-order valence-electron chi connectivity index (χ2n) is 5.44. The van der Waals surface area contributed by atoms with Crippen molar-refractivity contribution in [3.8, 4) is 0 Å². The topological polar surface area (TPSA) is 139 Å². The molecule has 0 unspecified atom stereocenters. The van der Waals surface area contributed by atoms with Gasteiger partial charge in [0.25, 0.3) is 5.56 Å². The van der Waals surface area contributed by atoms with Crippen molar-refractivity contribution in [2.24, 2.45) is 5.73 Å². The average Bonchev–Trinajstić information content (AvgIpc) is 2.81. The molecule has 0 spiro atoms. The maximum atomic E-state index is 11.8. The van der Waals surface area contributed by atoms with Crippen LogP contribution in [0.1, 0.15) is 25.1 Å². The van der Waals surface area contributed by atoms with E-state index in [2.05, 4.69) is 10.3 Å². The van der Waals surface area contributed by atoms with Crippen molar-refractivity contribution in [3.05, 3.63) is 32.6 Å². The first-order valence-electron chi connectivity index (χ1n) is 6.98. The lowest BCUT2D eigenvalue weighted by Crippen LogP contribution is -2.43. The molecule has 0 radical (unpaired) electrons. The summed E-state index contributed by atoms with van der Waals surface area (Å²) < 4.78 is 6.83. The van der Waals surface area contributed by atoms with Crippen molar-refractivity contribution in [2.45, 2.75) is 44.7 Å². The third-order valence-electron chi connectivity index (χ3n) is 3.55. The lowest BCUT2D eigenvalue weighted by molar-refractivity contribution is -0.123. The molecule has 1 aliphatic heterocycles. The van der Waals surface area contributed by atoms with Gasteiger partial charge in [-0.25, -0.2) is 4.79 Å². The molecule has 0 saturated carbocycles. The molecule has 5 N–H and O–H groups in total. The van der Waals surface area contributed by atoms with Crippen molar-refractivity contribution >= 4 is 5.91 Å². The van der Waals surface area contributed by atoms with Gasteiger partial charge < -0.3 is 20.9 Å². The van der Waals surface area contributed by atoms with E-state index in [0.29, 0.717) is 5.56 Å². The lowest BCUT2D eigenvalue weighted by Gasteiger charge is -2.17. The Labute approximate surface area is 126 Å². The number of carbonyl (C=O) groups is 1. The molecular formula is C13H20N4O5. The minimum Gasteiger partial charge on any atom is -0.390 e. The Kier molecular flexibility index (Phi) is 4.79. The molecule has 1 saturated heterocycles. The zero-order chi connectivity index (χ0) is 16.4. The van der Waals surface area contributed by atoms with Crippen molar-refractivity contribution in [1.29, 1.82) is 0 Å². The number of aromatic nitrogens is 2. The van der Waals surface area contributed by atoms with E-state index in [1.165, 1.54) is 10.8 Å². The zero-order valence-corrected chi connectivity index (χ0v) is 12.4. The fourth-order valence-corrected chi connectivity index (χ4v) is 2.23. The van der Waals surface area contributed by atoms with E-state index in [-0.39, 0.29) is 18.9 Å². The van der Waals surface area contributed by atoms with Crippen LogP contribution < -0.4 is 22.3 Å². The third kappa shape index (κ3) is 3.43. The van der Waals surface area contributed by atoms with E-state index in [4.69, 9.17) is 10.5 Å². The molecule has 0 aliphatic carbocycles. The van der Waals surface area contributed by atoms with Gasteiger partial charge in [-0.3, -0.25) is 19.1 Å². The second-order valence-corrected chi connectivity index (χ2v) is 5.44. The van der Waals surface area contributed by atoms with Crippen molar-refractivity contribution < 1.29 is 14.6 Å². The first-order chi connectivity index (χ1) is 10.3. The number of aromatic amines is 1. The number of aliphatic hydroxyl groups excluding tert-OH is 1. The van der Waals surface area contributed by atoms with Gasteiger partial charge in [0.1, 0.15) is 12.3 Å². The minimum absolute atomic E-state index is 0.0924. The van der Waals surface area contributed by atoms with Crippen LogP contribution in [0.3, 0.4) is 0 Å². The number of H-pyrrole nitrogens is 1. The molecular weight excluding hydrogens is 292 g/mol. The smallest absolute Gasteiger partial charge is 0.330 e. The number of aliphatic hydroxyl groups is 1. The second kappa shape index (κ2) is 6.42. The number of aryl methyl sites for hydroxylation is 1. The number of nitrogens with zero attached hydrogens (tertiary/aromatic N) is 1. The molecule has 1 aromatic rings. The van der Waals surface area contributed by atoms with Gasteiger partial charge in [0, 0.05) is 24.7 Å². The Morgan fingerprint density at radius 3 is 2.95 bits per heavy atom. The Morgan fingerprint density at radius 2 is 2.32 bits per heavy atom. The van der Waals surface area contributed by atoms with Crippen LogP contribution in [0.25, 0.3) is 0 Å². The van der Waals surface area contributed by atoms with E-state index in [9.17, 15) is 19.5 Å². The van der Waals surface area contributed by atoms with Crippen LogP contribution in [-0.4, -0.2) is 45.4 Å². The van der Waals surface area contributed by atoms with Crippen molar-refractivity contribution in [2.75, 3.05) is 6.54 Å². The summed E-state index contributed by atoms with van der Waals surface area (Å²) in [7, 11) is 0. The molecule has 2 heterocycles. The summed E-state index contributed by atoms with van der Waals surface area (Å²) in [6.45, 7) is 3.21. The Hall–Kier alpha value is -1.97. The Balaban J connectivity index is 2.08. The molecule has 0 bridgehead atoms. The maximum absolute atomic E-state index is 11.8. The van der Waals surface area contributed by atoms with Crippen LogP contribution >= 0.6 is 0 Å². The van der Waals surface area contributed by atoms with Gasteiger partial charge in [0.05, 0.1) is 12.1 Å². The maximum Gasteiger partial charge on any atom is 0.330 e. The van der Waals surface area contributed by atoms with Crippen molar-refractivity contribution in [3.63, 3.8) is 0 Å². The van der Waals surface area contributed by atoms with Crippen LogP contribution in [0.5, 0.6) is 0 Å². The van der Waals surface area contributed by atoms with Gasteiger partial charge in [0.15, 0.2) is 0 Å². The van der Waals surface area contributed by atoms with Gasteiger partial charge in [0.2, 0.25) is 5.91 Å². The normalized spacial score (nSPS) is 25.9. The van der Waals surface area contributed by atoms with Crippen LogP contribution in [0.2, 0.25) is 0 Å². The van der Waals surface area contributed by atoms with E-state index >= 15 is 0 Å². The van der Waals surface area contributed by atoms with Crippen LogP contribution in [0.4, 0.5) is 0 Å². The number of carbonyl (C=O) groups excluding carboxylic acids is 1. The largest absolute Gasteiger partial charge is 0.390 e. The molecule has 2 rings (SSSR count). The SMILES string of the molecule is Cc1cn([C@H]2C[C@H](O)[C@@H](CNC(=O)[C@@H](C)N)O2)c(=O)[nH]c1=O. The molecule has 1 aromatic heterocycles. The molecule has 1 aliphatic rings. The molecule has 9 heteroatoms. The highest BCUT2D eigenvalue weighted by Crippen LogP contribution is 2.27. The zero-order valence-electron chi connectivity index (χ0n) is 12.4. The van der Waals surface area contributed by atoms with Crippen LogP contribution in [-0.2, 0) is 9.53 Å². The molecule has 9 nitrogen and oxygen atoms in total. The van der Waals surface area contributed by atoms with Gasteiger partial charge in [-0.15, -0.1) is 0 Å². The molecule has 0 aromatic carbocycles. The summed E-state index contributed by atoms with van der Waals surface area (Å²) in [4.78, 5) is 36.8. The number of rotatable bonds is 4. The van der Waals surface area contributed by atoms with E-state index < -0.39 is 35.7 Å². The summed E-state index contributed by atoms with van der Waals surface area (Å²) >= 11 is 0. The molecule has 1 amide bonds. The van der Waals surface area contributed by atoms with Crippen LogP contribution in [0, 0.1) is 6.92 Å². The number of ether oxygens (including phenoxy) is 1. The standard InChI is InChI=1S/C13H20N4O5/c1-6-5-17(13(21)16-11(6)19)10-3-8(18)9(22-10)4-15-12(20)7(2)14/h5,7-10,18H,3-4,14H2,1-2H3,(H,15,20)(H,16,19,21)/t7-,8+,9-,10-/m1/s1.